The molecule has 1 unspecified atom stereocenters. The van der Waals surface area contributed by atoms with Crippen LogP contribution in [0.1, 0.15) is 32.1 Å². The van der Waals surface area contributed by atoms with Crippen molar-refractivity contribution >= 4 is 17.7 Å². The van der Waals surface area contributed by atoms with Crippen molar-refractivity contribution < 1.29 is 9.90 Å². The Balaban J connectivity index is 2.01. The van der Waals surface area contributed by atoms with Gasteiger partial charge in [0.05, 0.1) is 0 Å². The summed E-state index contributed by atoms with van der Waals surface area (Å²) >= 11 is 1.93. The zero-order valence-corrected chi connectivity index (χ0v) is 9.84. The Morgan fingerprint density at radius 1 is 1.20 bits per heavy atom. The topological polar surface area (TPSA) is 40.5 Å². The van der Waals surface area contributed by atoms with Crippen LogP contribution in [0, 0.1) is 0 Å². The monoisotopic (exact) mass is 229 g/mol. The molecule has 0 radical (unpaired) electrons. The molecule has 2 saturated heterocycles. The van der Waals surface area contributed by atoms with Crippen LogP contribution >= 0.6 is 11.8 Å². The number of likely N-dealkylation sites (tertiary alicyclic amines) is 1. The van der Waals surface area contributed by atoms with Gasteiger partial charge in [-0.1, -0.05) is 19.3 Å². The van der Waals surface area contributed by atoms with Gasteiger partial charge >= 0.3 is 5.97 Å². The van der Waals surface area contributed by atoms with E-state index in [-0.39, 0.29) is 6.04 Å². The van der Waals surface area contributed by atoms with E-state index in [1.54, 1.807) is 0 Å². The summed E-state index contributed by atoms with van der Waals surface area (Å²) in [7, 11) is 0. The lowest BCUT2D eigenvalue weighted by Crippen LogP contribution is -2.53. The van der Waals surface area contributed by atoms with Gasteiger partial charge in [-0.2, -0.15) is 11.8 Å². The van der Waals surface area contributed by atoms with Crippen LogP contribution in [0.15, 0.2) is 0 Å². The number of carbonyl (C=O) groups is 1. The lowest BCUT2D eigenvalue weighted by molar-refractivity contribution is -0.144. The van der Waals surface area contributed by atoms with Crippen LogP contribution in [0.2, 0.25) is 0 Å². The van der Waals surface area contributed by atoms with Crippen LogP contribution in [0.25, 0.3) is 0 Å². The molecule has 0 spiro atoms. The van der Waals surface area contributed by atoms with E-state index in [4.69, 9.17) is 0 Å². The van der Waals surface area contributed by atoms with Gasteiger partial charge in [-0.15, -0.1) is 0 Å². The lowest BCUT2D eigenvalue weighted by atomic mass is 10.0. The highest BCUT2D eigenvalue weighted by atomic mass is 32.2. The molecule has 2 heterocycles. The van der Waals surface area contributed by atoms with Gasteiger partial charge in [0.1, 0.15) is 6.04 Å². The minimum Gasteiger partial charge on any atom is -0.480 e. The van der Waals surface area contributed by atoms with Crippen molar-refractivity contribution in [1.29, 1.82) is 0 Å². The molecule has 3 nitrogen and oxygen atoms in total. The van der Waals surface area contributed by atoms with E-state index in [1.807, 2.05) is 11.8 Å². The van der Waals surface area contributed by atoms with E-state index in [1.165, 1.54) is 19.3 Å². The zero-order chi connectivity index (χ0) is 10.7. The molecule has 15 heavy (non-hydrogen) atoms. The molecule has 0 aromatic rings. The Labute approximate surface area is 95.2 Å². The third kappa shape index (κ3) is 2.67. The fourth-order valence-electron chi connectivity index (χ4n) is 2.42. The van der Waals surface area contributed by atoms with Gasteiger partial charge in [0.2, 0.25) is 0 Å². The molecule has 2 fully saturated rings. The number of hydrogen-bond acceptors (Lipinski definition) is 3. The summed E-state index contributed by atoms with van der Waals surface area (Å²) in [4.78, 5) is 13.5. The molecule has 0 bridgehead atoms. The van der Waals surface area contributed by atoms with Crippen LogP contribution in [-0.4, -0.2) is 46.1 Å². The van der Waals surface area contributed by atoms with E-state index in [9.17, 15) is 9.90 Å². The van der Waals surface area contributed by atoms with Crippen molar-refractivity contribution in [2.75, 3.05) is 18.1 Å². The maximum Gasteiger partial charge on any atom is 0.320 e. The predicted molar refractivity (Wildman–Crippen MR) is 62.3 cm³/mol. The van der Waals surface area contributed by atoms with Crippen molar-refractivity contribution in [3.63, 3.8) is 0 Å². The molecule has 0 amide bonds. The largest absolute Gasteiger partial charge is 0.480 e. The van der Waals surface area contributed by atoms with Crippen molar-refractivity contribution in [1.82, 2.24) is 4.90 Å². The molecule has 1 N–H and O–H groups in total. The second-order valence-electron chi connectivity index (χ2n) is 4.49. The third-order valence-corrected chi connectivity index (χ3v) is 4.66. The Hall–Kier alpha value is -0.220. The number of rotatable bonds is 2. The molecule has 0 saturated carbocycles. The minimum atomic E-state index is -0.617. The van der Waals surface area contributed by atoms with Crippen LogP contribution in [0.5, 0.6) is 0 Å². The van der Waals surface area contributed by atoms with E-state index >= 15 is 0 Å². The van der Waals surface area contributed by atoms with Gasteiger partial charge in [-0.25, -0.2) is 0 Å². The average molecular weight is 229 g/mol. The Morgan fingerprint density at radius 3 is 2.53 bits per heavy atom. The number of thioether (sulfide) groups is 1. The summed E-state index contributed by atoms with van der Waals surface area (Å²) in [5.41, 5.74) is 0. The SMILES string of the molecule is O=C(O)C1CCCCCCN1C1CSC1. The van der Waals surface area contributed by atoms with Crippen molar-refractivity contribution in [3.05, 3.63) is 0 Å². The van der Waals surface area contributed by atoms with Crippen molar-refractivity contribution in [2.24, 2.45) is 0 Å². The van der Waals surface area contributed by atoms with E-state index in [0.29, 0.717) is 6.04 Å². The number of hydrogen-bond donors (Lipinski definition) is 1. The molecule has 0 aromatic carbocycles. The number of carboxylic acid groups (broad SMARTS) is 1. The van der Waals surface area contributed by atoms with Gasteiger partial charge in [-0.05, 0) is 19.4 Å². The smallest absolute Gasteiger partial charge is 0.320 e. The molecule has 2 aliphatic heterocycles. The molecule has 0 aliphatic carbocycles. The van der Waals surface area contributed by atoms with E-state index in [2.05, 4.69) is 4.90 Å². The summed E-state index contributed by atoms with van der Waals surface area (Å²) < 4.78 is 0. The number of nitrogens with zero attached hydrogens (tertiary/aromatic N) is 1. The first-order valence-electron chi connectivity index (χ1n) is 5.85. The quantitative estimate of drug-likeness (QED) is 0.784. The van der Waals surface area contributed by atoms with Crippen LogP contribution < -0.4 is 0 Å². The maximum absolute atomic E-state index is 11.2. The molecule has 2 aliphatic rings. The molecular weight excluding hydrogens is 210 g/mol. The predicted octanol–water partition coefficient (Wildman–Crippen LogP) is 1.82. The van der Waals surface area contributed by atoms with Gasteiger partial charge < -0.3 is 5.11 Å². The Kier molecular flexibility index (Phi) is 3.92. The van der Waals surface area contributed by atoms with E-state index < -0.39 is 5.97 Å². The Bertz CT molecular complexity index is 231. The summed E-state index contributed by atoms with van der Waals surface area (Å²) in [6, 6.07) is 0.324. The third-order valence-electron chi connectivity index (χ3n) is 3.42. The second kappa shape index (κ2) is 5.21. The molecule has 4 heteroatoms. The van der Waals surface area contributed by atoms with E-state index in [0.717, 1.165) is 30.9 Å². The van der Waals surface area contributed by atoms with Crippen LogP contribution in [0.4, 0.5) is 0 Å². The van der Waals surface area contributed by atoms with Crippen LogP contribution in [0.3, 0.4) is 0 Å². The highest BCUT2D eigenvalue weighted by molar-refractivity contribution is 8.00. The first-order chi connectivity index (χ1) is 7.29. The second-order valence-corrected chi connectivity index (χ2v) is 5.56. The average Bonchev–Trinajstić information content (AvgIpc) is 2.05. The maximum atomic E-state index is 11.2. The fourth-order valence-corrected chi connectivity index (χ4v) is 3.25. The minimum absolute atomic E-state index is 0.212. The summed E-state index contributed by atoms with van der Waals surface area (Å²) in [5, 5.41) is 9.25. The van der Waals surface area contributed by atoms with Crippen molar-refractivity contribution in [3.8, 4) is 0 Å². The fraction of sp³-hybridized carbons (Fsp3) is 0.909. The molecular formula is C11H19NO2S. The summed E-state index contributed by atoms with van der Waals surface area (Å²) in [6.07, 6.45) is 5.56. The van der Waals surface area contributed by atoms with Gasteiger partial charge in [0, 0.05) is 17.5 Å². The standard InChI is InChI=1S/C11H19NO2S/c13-11(14)10-5-3-1-2-4-6-12(10)9-7-15-8-9/h9-10H,1-8H2,(H,13,14). The highest BCUT2D eigenvalue weighted by Gasteiger charge is 2.34. The first-order valence-corrected chi connectivity index (χ1v) is 7.01. The number of carboxylic acids is 1. The first kappa shape index (κ1) is 11.3. The Morgan fingerprint density at radius 2 is 1.93 bits per heavy atom. The van der Waals surface area contributed by atoms with Gasteiger partial charge in [0.25, 0.3) is 0 Å². The van der Waals surface area contributed by atoms with Gasteiger partial charge in [-0.3, -0.25) is 9.69 Å². The molecule has 0 aromatic heterocycles. The summed E-state index contributed by atoms with van der Waals surface area (Å²) in [5.74, 6) is 1.64. The molecule has 1 atom stereocenters. The normalized spacial score (nSPS) is 30.3. The lowest BCUT2D eigenvalue weighted by Gasteiger charge is -2.41. The molecule has 2 rings (SSSR count). The zero-order valence-electron chi connectivity index (χ0n) is 9.02. The van der Waals surface area contributed by atoms with Crippen LogP contribution in [-0.2, 0) is 4.79 Å². The molecule has 86 valence electrons. The summed E-state index contributed by atoms with van der Waals surface area (Å²) in [6.45, 7) is 0.988. The van der Waals surface area contributed by atoms with Gasteiger partial charge in [0.15, 0.2) is 0 Å². The number of aliphatic carboxylic acids is 1. The van der Waals surface area contributed by atoms with Crippen molar-refractivity contribution in [2.45, 2.75) is 44.2 Å². The highest BCUT2D eigenvalue weighted by Crippen LogP contribution is 2.28.